The molecule has 1 heterocycles. The number of nitrogens with zero attached hydrogens (tertiary/aromatic N) is 2. The molecule has 1 unspecified atom stereocenters. The molecule has 6 nitrogen and oxygen atoms in total. The molecular weight excluding hydrogens is 424 g/mol. The molecule has 0 aliphatic carbocycles. The SMILES string of the molecule is CN/C=C/C=C(\C=C(/C)CCC=O)NC(=O)CN1CCN(c2ccc(Cl)c(C)c2)CC1C. The molecule has 0 radical (unpaired) electrons. The van der Waals surface area contributed by atoms with E-state index in [4.69, 9.17) is 11.6 Å². The number of piperazine rings is 1. The Morgan fingerprint density at radius 1 is 1.31 bits per heavy atom. The predicted octanol–water partition coefficient (Wildman–Crippen LogP) is 3.82. The van der Waals surface area contributed by atoms with Gasteiger partial charge in [-0.2, -0.15) is 0 Å². The Balaban J connectivity index is 1.97. The van der Waals surface area contributed by atoms with E-state index in [2.05, 4.69) is 39.5 Å². The molecule has 1 saturated heterocycles. The third kappa shape index (κ3) is 8.17. The van der Waals surface area contributed by atoms with E-state index in [0.29, 0.717) is 25.1 Å². The maximum Gasteiger partial charge on any atom is 0.238 e. The van der Waals surface area contributed by atoms with Gasteiger partial charge in [0.05, 0.1) is 6.54 Å². The van der Waals surface area contributed by atoms with Gasteiger partial charge in [-0.3, -0.25) is 9.69 Å². The molecule has 1 atom stereocenters. The van der Waals surface area contributed by atoms with Gasteiger partial charge >= 0.3 is 0 Å². The first-order valence-electron chi connectivity index (χ1n) is 11.0. The molecule has 7 heteroatoms. The molecule has 1 aliphatic heterocycles. The predicted molar refractivity (Wildman–Crippen MR) is 133 cm³/mol. The van der Waals surface area contributed by atoms with E-state index in [1.807, 2.05) is 45.2 Å². The summed E-state index contributed by atoms with van der Waals surface area (Å²) >= 11 is 6.16. The van der Waals surface area contributed by atoms with Crippen molar-refractivity contribution in [2.24, 2.45) is 0 Å². The molecule has 1 aromatic rings. The fraction of sp³-hybridized carbons (Fsp3) is 0.440. The second-order valence-corrected chi connectivity index (χ2v) is 8.62. The zero-order valence-corrected chi connectivity index (χ0v) is 20.3. The average molecular weight is 459 g/mol. The largest absolute Gasteiger partial charge is 0.394 e. The van der Waals surface area contributed by atoms with Crippen LogP contribution >= 0.6 is 11.6 Å². The Bertz CT molecular complexity index is 879. The van der Waals surface area contributed by atoms with Gasteiger partial charge in [0.25, 0.3) is 0 Å². The van der Waals surface area contributed by atoms with Crippen molar-refractivity contribution in [2.45, 2.75) is 39.7 Å². The van der Waals surface area contributed by atoms with E-state index < -0.39 is 0 Å². The maximum atomic E-state index is 12.8. The molecule has 2 N–H and O–H groups in total. The van der Waals surface area contributed by atoms with Crippen molar-refractivity contribution in [3.8, 4) is 0 Å². The van der Waals surface area contributed by atoms with E-state index in [9.17, 15) is 9.59 Å². The highest BCUT2D eigenvalue weighted by Gasteiger charge is 2.25. The topological polar surface area (TPSA) is 64.7 Å². The first-order chi connectivity index (χ1) is 15.3. The van der Waals surface area contributed by atoms with Gasteiger partial charge in [0.1, 0.15) is 6.29 Å². The van der Waals surface area contributed by atoms with Crippen LogP contribution in [0.15, 0.2) is 53.9 Å². The standard InChI is InChI=1S/C25H35ClN4O2/c1-19(7-6-14-31)15-22(8-5-11-27-4)28-25(32)18-29-12-13-30(17-21(29)3)23-9-10-24(26)20(2)16-23/h5,8-11,14-16,21,27H,6-7,12-13,17-18H2,1-4H3,(H,28,32)/b11-5+,19-15+,22-8+. The summed E-state index contributed by atoms with van der Waals surface area (Å²) in [6, 6.07) is 6.36. The minimum atomic E-state index is -0.0452. The van der Waals surface area contributed by atoms with Crippen LogP contribution in [0, 0.1) is 6.92 Å². The van der Waals surface area contributed by atoms with Crippen molar-refractivity contribution in [3.05, 3.63) is 64.5 Å². The minimum Gasteiger partial charge on any atom is -0.394 e. The summed E-state index contributed by atoms with van der Waals surface area (Å²) in [5, 5.41) is 6.73. The summed E-state index contributed by atoms with van der Waals surface area (Å²) in [6.45, 7) is 8.99. The summed E-state index contributed by atoms with van der Waals surface area (Å²) in [4.78, 5) is 28.0. The molecule has 1 amide bonds. The number of amides is 1. The molecule has 0 saturated carbocycles. The Labute approximate surface area is 197 Å². The fourth-order valence-corrected chi connectivity index (χ4v) is 3.79. The molecule has 0 bridgehead atoms. The first kappa shape index (κ1) is 25.7. The molecule has 174 valence electrons. The Kier molecular flexibility index (Phi) is 10.5. The lowest BCUT2D eigenvalue weighted by Gasteiger charge is -2.40. The van der Waals surface area contributed by atoms with Crippen molar-refractivity contribution in [1.82, 2.24) is 15.5 Å². The minimum absolute atomic E-state index is 0.0452. The van der Waals surface area contributed by atoms with Gasteiger partial charge in [0.15, 0.2) is 0 Å². The van der Waals surface area contributed by atoms with E-state index in [1.165, 1.54) is 5.69 Å². The number of aldehydes is 1. The van der Waals surface area contributed by atoms with Crippen LogP contribution in [0.25, 0.3) is 0 Å². The summed E-state index contributed by atoms with van der Waals surface area (Å²) in [5.74, 6) is -0.0452. The monoisotopic (exact) mass is 458 g/mol. The van der Waals surface area contributed by atoms with Crippen LogP contribution in [0.3, 0.4) is 0 Å². The highest BCUT2D eigenvalue weighted by molar-refractivity contribution is 6.31. The average Bonchev–Trinajstić information content (AvgIpc) is 2.75. The van der Waals surface area contributed by atoms with Gasteiger partial charge in [-0.15, -0.1) is 0 Å². The molecule has 1 aliphatic rings. The van der Waals surface area contributed by atoms with Crippen LogP contribution in [0.1, 0.15) is 32.3 Å². The summed E-state index contributed by atoms with van der Waals surface area (Å²) in [6.07, 6.45) is 9.47. The number of anilines is 1. The Morgan fingerprint density at radius 3 is 2.75 bits per heavy atom. The zero-order chi connectivity index (χ0) is 23.5. The van der Waals surface area contributed by atoms with E-state index >= 15 is 0 Å². The number of hydrogen-bond acceptors (Lipinski definition) is 5. The molecule has 1 aromatic carbocycles. The number of hydrogen-bond donors (Lipinski definition) is 2. The second-order valence-electron chi connectivity index (χ2n) is 8.21. The van der Waals surface area contributed by atoms with E-state index in [0.717, 1.165) is 42.1 Å². The van der Waals surface area contributed by atoms with Gasteiger partial charge < -0.3 is 20.3 Å². The van der Waals surface area contributed by atoms with Gasteiger partial charge in [0.2, 0.25) is 5.91 Å². The van der Waals surface area contributed by atoms with Crippen molar-refractivity contribution in [2.75, 3.05) is 38.1 Å². The van der Waals surface area contributed by atoms with Crippen LogP contribution in [-0.4, -0.2) is 56.4 Å². The third-order valence-corrected chi connectivity index (χ3v) is 5.92. The highest BCUT2D eigenvalue weighted by Crippen LogP contribution is 2.24. The smallest absolute Gasteiger partial charge is 0.238 e. The van der Waals surface area contributed by atoms with E-state index in [1.54, 1.807) is 6.20 Å². The lowest BCUT2D eigenvalue weighted by Crippen LogP contribution is -2.54. The number of allylic oxidation sites excluding steroid dienone is 4. The van der Waals surface area contributed by atoms with Crippen LogP contribution in [-0.2, 0) is 9.59 Å². The van der Waals surface area contributed by atoms with Crippen molar-refractivity contribution in [3.63, 3.8) is 0 Å². The number of benzene rings is 1. The summed E-state index contributed by atoms with van der Waals surface area (Å²) < 4.78 is 0. The molecule has 0 spiro atoms. The van der Waals surface area contributed by atoms with Crippen molar-refractivity contribution < 1.29 is 9.59 Å². The molecular formula is C25H35ClN4O2. The molecule has 32 heavy (non-hydrogen) atoms. The van der Waals surface area contributed by atoms with Crippen molar-refractivity contribution in [1.29, 1.82) is 0 Å². The number of aryl methyl sites for hydroxylation is 1. The quantitative estimate of drug-likeness (QED) is 0.412. The third-order valence-electron chi connectivity index (χ3n) is 5.50. The Hall–Kier alpha value is -2.57. The second kappa shape index (κ2) is 13.1. The number of nitrogens with one attached hydrogen (secondary N) is 2. The van der Waals surface area contributed by atoms with Crippen LogP contribution in [0.2, 0.25) is 5.02 Å². The first-order valence-corrected chi connectivity index (χ1v) is 11.4. The van der Waals surface area contributed by atoms with Gasteiger partial charge in [-0.1, -0.05) is 17.2 Å². The van der Waals surface area contributed by atoms with Crippen LogP contribution in [0.4, 0.5) is 5.69 Å². The van der Waals surface area contributed by atoms with Gasteiger partial charge in [-0.05, 0) is 75.4 Å². The fourth-order valence-electron chi connectivity index (χ4n) is 3.67. The van der Waals surface area contributed by atoms with Crippen LogP contribution in [0.5, 0.6) is 0 Å². The number of carbonyl (C=O) groups is 2. The number of carbonyl (C=O) groups excluding carboxylic acids is 2. The molecule has 1 fully saturated rings. The summed E-state index contributed by atoms with van der Waals surface area (Å²) in [7, 11) is 1.82. The maximum absolute atomic E-state index is 12.8. The van der Waals surface area contributed by atoms with Gasteiger partial charge in [-0.25, -0.2) is 0 Å². The molecule has 2 rings (SSSR count). The highest BCUT2D eigenvalue weighted by atomic mass is 35.5. The normalized spacial score (nSPS) is 18.2. The Morgan fingerprint density at radius 2 is 2.09 bits per heavy atom. The van der Waals surface area contributed by atoms with E-state index in [-0.39, 0.29) is 11.9 Å². The zero-order valence-electron chi connectivity index (χ0n) is 19.5. The lowest BCUT2D eigenvalue weighted by molar-refractivity contribution is -0.122. The number of halogens is 1. The molecule has 0 aromatic heterocycles. The van der Waals surface area contributed by atoms with Crippen LogP contribution < -0.4 is 15.5 Å². The van der Waals surface area contributed by atoms with Gasteiger partial charge in [0, 0.05) is 55.6 Å². The lowest BCUT2D eigenvalue weighted by atomic mass is 10.1. The summed E-state index contributed by atoms with van der Waals surface area (Å²) in [5.41, 5.74) is 4.00. The van der Waals surface area contributed by atoms with Crippen molar-refractivity contribution >= 4 is 29.5 Å². The number of rotatable bonds is 10.